The third-order valence-electron chi connectivity index (χ3n) is 1.52. The summed E-state index contributed by atoms with van der Waals surface area (Å²) in [7, 11) is 0. The largest absolute Gasteiger partial charge is 0.396 e. The van der Waals surface area contributed by atoms with Gasteiger partial charge in [-0.2, -0.15) is 0 Å². The van der Waals surface area contributed by atoms with E-state index in [1.807, 2.05) is 11.4 Å². The van der Waals surface area contributed by atoms with Gasteiger partial charge in [-0.3, -0.25) is 0 Å². The molecule has 3 N–H and O–H groups in total. The number of thiophene rings is 1. The van der Waals surface area contributed by atoms with E-state index in [1.54, 1.807) is 0 Å². The van der Waals surface area contributed by atoms with Crippen LogP contribution >= 0.6 is 22.9 Å². The van der Waals surface area contributed by atoms with E-state index in [0.717, 1.165) is 4.88 Å². The molecule has 0 spiro atoms. The van der Waals surface area contributed by atoms with Crippen molar-refractivity contribution >= 4 is 22.9 Å². The van der Waals surface area contributed by atoms with Crippen LogP contribution in [0, 0.1) is 0 Å². The molecular weight excluding hydrogens is 182 g/mol. The molecule has 0 aromatic carbocycles. The average Bonchev–Trinajstić information content (AvgIpc) is 2.40. The van der Waals surface area contributed by atoms with Gasteiger partial charge >= 0.3 is 0 Å². The number of hydrogen-bond acceptors (Lipinski definition) is 3. The molecule has 0 saturated heterocycles. The maximum atomic E-state index is 8.89. The third-order valence-corrected chi connectivity index (χ3v) is 3.04. The van der Waals surface area contributed by atoms with Gasteiger partial charge < -0.3 is 10.8 Å². The van der Waals surface area contributed by atoms with Gasteiger partial charge in [-0.15, -0.1) is 11.3 Å². The van der Waals surface area contributed by atoms with Crippen LogP contribution in [0.15, 0.2) is 11.4 Å². The first kappa shape index (κ1) is 9.00. The van der Waals surface area contributed by atoms with Gasteiger partial charge in [0.15, 0.2) is 0 Å². The van der Waals surface area contributed by atoms with Gasteiger partial charge in [0, 0.05) is 17.3 Å². The first-order valence-corrected chi connectivity index (χ1v) is 4.59. The van der Waals surface area contributed by atoms with Crippen LogP contribution in [-0.2, 0) is 0 Å². The Bertz CT molecular complexity index is 222. The van der Waals surface area contributed by atoms with Crippen molar-refractivity contribution in [1.82, 2.24) is 0 Å². The highest BCUT2D eigenvalue weighted by molar-refractivity contribution is 7.10. The summed E-state index contributed by atoms with van der Waals surface area (Å²) in [5.74, 6) is 0.00231. The molecule has 1 aromatic heterocycles. The SMILES string of the molecule is NCC(CO)c1sccc1Cl. The van der Waals surface area contributed by atoms with Crippen molar-refractivity contribution in [1.29, 1.82) is 0 Å². The van der Waals surface area contributed by atoms with Crippen molar-refractivity contribution in [3.63, 3.8) is 0 Å². The first-order chi connectivity index (χ1) is 5.29. The Morgan fingerprint density at radius 1 is 1.73 bits per heavy atom. The quantitative estimate of drug-likeness (QED) is 0.760. The fraction of sp³-hybridized carbons (Fsp3) is 0.429. The van der Waals surface area contributed by atoms with Gasteiger partial charge in [0.1, 0.15) is 0 Å². The maximum Gasteiger partial charge on any atom is 0.0549 e. The van der Waals surface area contributed by atoms with E-state index in [2.05, 4.69) is 0 Å². The summed E-state index contributed by atoms with van der Waals surface area (Å²) in [6.45, 7) is 0.507. The minimum atomic E-state index is 0.00231. The Hall–Kier alpha value is -0.0900. The van der Waals surface area contributed by atoms with Crippen LogP contribution in [0.4, 0.5) is 0 Å². The number of aliphatic hydroxyl groups is 1. The molecular formula is C7H10ClNOS. The molecule has 11 heavy (non-hydrogen) atoms. The van der Waals surface area contributed by atoms with Gasteiger partial charge in [-0.1, -0.05) is 11.6 Å². The van der Waals surface area contributed by atoms with Crippen LogP contribution in [0.1, 0.15) is 10.8 Å². The smallest absolute Gasteiger partial charge is 0.0549 e. The van der Waals surface area contributed by atoms with Crippen molar-refractivity contribution in [2.45, 2.75) is 5.92 Å². The summed E-state index contributed by atoms with van der Waals surface area (Å²) in [6, 6.07) is 1.82. The van der Waals surface area contributed by atoms with Crippen molar-refractivity contribution in [3.05, 3.63) is 21.3 Å². The number of aliphatic hydroxyl groups excluding tert-OH is 1. The zero-order valence-corrected chi connectivity index (χ0v) is 7.53. The lowest BCUT2D eigenvalue weighted by Crippen LogP contribution is -2.14. The lowest BCUT2D eigenvalue weighted by Gasteiger charge is -2.08. The van der Waals surface area contributed by atoms with Gasteiger partial charge in [0.25, 0.3) is 0 Å². The summed E-state index contributed by atoms with van der Waals surface area (Å²) in [4.78, 5) is 0.983. The number of halogens is 1. The van der Waals surface area contributed by atoms with E-state index in [0.29, 0.717) is 11.6 Å². The van der Waals surface area contributed by atoms with Crippen LogP contribution in [-0.4, -0.2) is 18.3 Å². The minimum Gasteiger partial charge on any atom is -0.396 e. The molecule has 1 aromatic rings. The predicted molar refractivity (Wildman–Crippen MR) is 48.2 cm³/mol. The van der Waals surface area contributed by atoms with Crippen molar-refractivity contribution < 1.29 is 5.11 Å². The lowest BCUT2D eigenvalue weighted by molar-refractivity contribution is 0.269. The molecule has 0 amide bonds. The highest BCUT2D eigenvalue weighted by Crippen LogP contribution is 2.28. The molecule has 2 nitrogen and oxygen atoms in total. The second-order valence-corrected chi connectivity index (χ2v) is 3.60. The second kappa shape index (κ2) is 4.07. The lowest BCUT2D eigenvalue weighted by atomic mass is 10.1. The van der Waals surface area contributed by atoms with Crippen LogP contribution in [0.25, 0.3) is 0 Å². The second-order valence-electron chi connectivity index (χ2n) is 2.25. The summed E-state index contributed by atoms with van der Waals surface area (Å²) in [5.41, 5.74) is 5.43. The molecule has 1 atom stereocenters. The topological polar surface area (TPSA) is 46.2 Å². The maximum absolute atomic E-state index is 8.89. The molecule has 0 radical (unpaired) electrons. The number of hydrogen-bond donors (Lipinski definition) is 2. The Morgan fingerprint density at radius 2 is 2.45 bits per heavy atom. The highest BCUT2D eigenvalue weighted by atomic mass is 35.5. The summed E-state index contributed by atoms with van der Waals surface area (Å²) < 4.78 is 0. The third kappa shape index (κ3) is 1.93. The van der Waals surface area contributed by atoms with Crippen molar-refractivity contribution in [2.75, 3.05) is 13.2 Å². The molecule has 4 heteroatoms. The first-order valence-electron chi connectivity index (χ1n) is 3.33. The normalized spacial score (nSPS) is 13.4. The molecule has 0 aliphatic rings. The monoisotopic (exact) mass is 191 g/mol. The van der Waals surface area contributed by atoms with Crippen LogP contribution < -0.4 is 5.73 Å². The molecule has 0 saturated carbocycles. The van der Waals surface area contributed by atoms with Gasteiger partial charge in [0.2, 0.25) is 0 Å². The fourth-order valence-electron chi connectivity index (χ4n) is 0.861. The Kier molecular flexibility index (Phi) is 3.33. The number of nitrogens with two attached hydrogens (primary N) is 1. The van der Waals surface area contributed by atoms with E-state index in [9.17, 15) is 0 Å². The van der Waals surface area contributed by atoms with Gasteiger partial charge in [-0.25, -0.2) is 0 Å². The van der Waals surface area contributed by atoms with E-state index in [-0.39, 0.29) is 12.5 Å². The molecule has 0 fully saturated rings. The predicted octanol–water partition coefficient (Wildman–Crippen LogP) is 1.44. The Morgan fingerprint density at radius 3 is 2.82 bits per heavy atom. The zero-order chi connectivity index (χ0) is 8.27. The average molecular weight is 192 g/mol. The summed E-state index contributed by atoms with van der Waals surface area (Å²) in [5, 5.41) is 11.5. The molecule has 0 aliphatic carbocycles. The zero-order valence-electron chi connectivity index (χ0n) is 5.96. The van der Waals surface area contributed by atoms with Crippen LogP contribution in [0.3, 0.4) is 0 Å². The minimum absolute atomic E-state index is 0.00231. The molecule has 1 heterocycles. The molecule has 0 bridgehead atoms. The summed E-state index contributed by atoms with van der Waals surface area (Å²) in [6.07, 6.45) is 0. The van der Waals surface area contributed by atoms with Gasteiger partial charge in [-0.05, 0) is 11.4 Å². The van der Waals surface area contributed by atoms with E-state index in [4.69, 9.17) is 22.4 Å². The summed E-state index contributed by atoms with van der Waals surface area (Å²) >= 11 is 7.37. The highest BCUT2D eigenvalue weighted by Gasteiger charge is 2.12. The Balaban J connectivity index is 2.81. The molecule has 1 rings (SSSR count). The Labute approximate surface area is 74.6 Å². The fourth-order valence-corrected chi connectivity index (χ4v) is 2.18. The number of rotatable bonds is 3. The van der Waals surface area contributed by atoms with Crippen molar-refractivity contribution in [2.24, 2.45) is 5.73 Å². The molecule has 0 aliphatic heterocycles. The van der Waals surface area contributed by atoms with Crippen LogP contribution in [0.2, 0.25) is 5.02 Å². The molecule has 62 valence electrons. The van der Waals surface area contributed by atoms with Crippen molar-refractivity contribution in [3.8, 4) is 0 Å². The van der Waals surface area contributed by atoms with E-state index >= 15 is 0 Å². The van der Waals surface area contributed by atoms with Crippen LogP contribution in [0.5, 0.6) is 0 Å². The molecule has 1 unspecified atom stereocenters. The van der Waals surface area contributed by atoms with E-state index < -0.39 is 0 Å². The van der Waals surface area contributed by atoms with E-state index in [1.165, 1.54) is 11.3 Å². The van der Waals surface area contributed by atoms with Gasteiger partial charge in [0.05, 0.1) is 11.6 Å². The standard InChI is InChI=1S/C7H10ClNOS/c8-6-1-2-11-7(6)5(3-9)4-10/h1-2,5,10H,3-4,9H2.